The van der Waals surface area contributed by atoms with Gasteiger partial charge >= 0.3 is 0 Å². The lowest BCUT2D eigenvalue weighted by Gasteiger charge is -2.31. The fourth-order valence-electron chi connectivity index (χ4n) is 4.17. The fourth-order valence-corrected chi connectivity index (χ4v) is 4.17. The van der Waals surface area contributed by atoms with Crippen molar-refractivity contribution < 1.29 is 9.32 Å². The van der Waals surface area contributed by atoms with Crippen LogP contribution >= 0.6 is 0 Å². The molecule has 6 heteroatoms. The van der Waals surface area contributed by atoms with Crippen molar-refractivity contribution in [2.24, 2.45) is 5.92 Å². The summed E-state index contributed by atoms with van der Waals surface area (Å²) in [5.74, 6) is 1.25. The maximum absolute atomic E-state index is 13.0. The molecule has 1 fully saturated rings. The summed E-state index contributed by atoms with van der Waals surface area (Å²) in [7, 11) is 0. The van der Waals surface area contributed by atoms with Gasteiger partial charge in [0, 0.05) is 17.8 Å². The number of carbonyl (C=O) groups excluding carboxylic acids is 1. The molecule has 0 unspecified atom stereocenters. The minimum atomic E-state index is -0.0402. The van der Waals surface area contributed by atoms with Crippen LogP contribution in [0.5, 0.6) is 0 Å². The summed E-state index contributed by atoms with van der Waals surface area (Å²) < 4.78 is 5.46. The number of piperidine rings is 1. The highest BCUT2D eigenvalue weighted by Gasteiger charge is 2.27. The number of carbonyl (C=O) groups is 1. The predicted octanol–water partition coefficient (Wildman–Crippen LogP) is 4.77. The molecule has 6 nitrogen and oxygen atoms in total. The SMILES string of the molecule is CCc1cccc(C)c1NC(=O)[C@H]1CCCN(Cc2noc(-c3ccc(C)cc3)n2)C1. The Kier molecular flexibility index (Phi) is 6.47. The van der Waals surface area contributed by atoms with Gasteiger partial charge in [0.15, 0.2) is 5.82 Å². The quantitative estimate of drug-likeness (QED) is 0.625. The van der Waals surface area contributed by atoms with Crippen LogP contribution in [0.15, 0.2) is 47.0 Å². The molecule has 1 atom stereocenters. The first kappa shape index (κ1) is 21.2. The van der Waals surface area contributed by atoms with E-state index in [1.165, 1.54) is 11.1 Å². The third kappa shape index (κ3) is 5.02. The van der Waals surface area contributed by atoms with Gasteiger partial charge in [-0.05, 0) is 62.9 Å². The largest absolute Gasteiger partial charge is 0.334 e. The Morgan fingerprint density at radius 2 is 2.00 bits per heavy atom. The van der Waals surface area contributed by atoms with Crippen molar-refractivity contribution in [1.29, 1.82) is 0 Å². The molecule has 4 rings (SSSR count). The summed E-state index contributed by atoms with van der Waals surface area (Å²) in [5.41, 5.74) is 5.36. The standard InChI is InChI=1S/C25H30N4O2/c1-4-19-8-5-7-18(3)23(19)27-24(30)21-9-6-14-29(15-21)16-22-26-25(31-28-22)20-12-10-17(2)11-13-20/h5,7-8,10-13,21H,4,6,9,14-16H2,1-3H3,(H,27,30)/t21-/m0/s1. The van der Waals surface area contributed by atoms with Crippen LogP contribution in [0.25, 0.3) is 11.5 Å². The Bertz CT molecular complexity index is 1040. The third-order valence-corrected chi connectivity index (χ3v) is 6.00. The van der Waals surface area contributed by atoms with Crippen molar-refractivity contribution in [3.05, 3.63) is 65.0 Å². The van der Waals surface area contributed by atoms with E-state index in [-0.39, 0.29) is 11.8 Å². The summed E-state index contributed by atoms with van der Waals surface area (Å²) >= 11 is 0. The second-order valence-corrected chi connectivity index (χ2v) is 8.41. The minimum absolute atomic E-state index is 0.0402. The Hall–Kier alpha value is -2.99. The van der Waals surface area contributed by atoms with E-state index in [0.29, 0.717) is 24.8 Å². The van der Waals surface area contributed by atoms with Gasteiger partial charge in [0.05, 0.1) is 12.5 Å². The molecule has 1 N–H and O–H groups in total. The van der Waals surface area contributed by atoms with Gasteiger partial charge in [0.2, 0.25) is 5.91 Å². The van der Waals surface area contributed by atoms with Gasteiger partial charge < -0.3 is 9.84 Å². The van der Waals surface area contributed by atoms with Crippen LogP contribution < -0.4 is 5.32 Å². The van der Waals surface area contributed by atoms with Crippen LogP contribution in [-0.4, -0.2) is 34.0 Å². The lowest BCUT2D eigenvalue weighted by Crippen LogP contribution is -2.40. The van der Waals surface area contributed by atoms with E-state index in [9.17, 15) is 4.79 Å². The number of likely N-dealkylation sites (tertiary alicyclic amines) is 1. The molecule has 0 aliphatic carbocycles. The normalized spacial score (nSPS) is 16.9. The van der Waals surface area contributed by atoms with Gasteiger partial charge in [-0.15, -0.1) is 0 Å². The molecule has 0 spiro atoms. The van der Waals surface area contributed by atoms with Gasteiger partial charge in [0.25, 0.3) is 5.89 Å². The first-order chi connectivity index (χ1) is 15.0. The van der Waals surface area contributed by atoms with E-state index < -0.39 is 0 Å². The van der Waals surface area contributed by atoms with Crippen LogP contribution in [0.1, 0.15) is 42.3 Å². The second kappa shape index (κ2) is 9.43. The molecule has 3 aromatic rings. The number of aryl methyl sites for hydroxylation is 3. The van der Waals surface area contributed by atoms with Gasteiger partial charge in [0.1, 0.15) is 0 Å². The minimum Gasteiger partial charge on any atom is -0.334 e. The van der Waals surface area contributed by atoms with Crippen LogP contribution in [0.3, 0.4) is 0 Å². The van der Waals surface area contributed by atoms with E-state index in [1.807, 2.05) is 50.2 Å². The lowest BCUT2D eigenvalue weighted by atomic mass is 9.96. The maximum Gasteiger partial charge on any atom is 0.257 e. The molecule has 0 saturated carbocycles. The smallest absolute Gasteiger partial charge is 0.257 e. The Labute approximate surface area is 183 Å². The fraction of sp³-hybridized carbons (Fsp3) is 0.400. The zero-order chi connectivity index (χ0) is 21.8. The highest BCUT2D eigenvalue weighted by atomic mass is 16.5. The van der Waals surface area contributed by atoms with Crippen molar-refractivity contribution in [3.63, 3.8) is 0 Å². The van der Waals surface area contributed by atoms with Crippen LogP contribution in [0.4, 0.5) is 5.69 Å². The van der Waals surface area contributed by atoms with Gasteiger partial charge in [-0.3, -0.25) is 9.69 Å². The van der Waals surface area contributed by atoms with E-state index in [2.05, 4.69) is 33.3 Å². The van der Waals surface area contributed by atoms with Crippen LogP contribution in [0, 0.1) is 19.8 Å². The summed E-state index contributed by atoms with van der Waals surface area (Å²) in [6, 6.07) is 14.2. The Morgan fingerprint density at radius 3 is 2.77 bits per heavy atom. The molecule has 0 radical (unpaired) electrons. The highest BCUT2D eigenvalue weighted by molar-refractivity contribution is 5.94. The van der Waals surface area contributed by atoms with E-state index >= 15 is 0 Å². The van der Waals surface area contributed by atoms with E-state index in [4.69, 9.17) is 4.52 Å². The van der Waals surface area contributed by atoms with Crippen LogP contribution in [-0.2, 0) is 17.8 Å². The second-order valence-electron chi connectivity index (χ2n) is 8.41. The number of aromatic nitrogens is 2. The number of nitrogens with one attached hydrogen (secondary N) is 1. The number of para-hydroxylation sites is 1. The molecule has 2 aromatic carbocycles. The first-order valence-electron chi connectivity index (χ1n) is 11.0. The van der Waals surface area contributed by atoms with Gasteiger partial charge in [-0.2, -0.15) is 4.98 Å². The van der Waals surface area contributed by atoms with Crippen molar-refractivity contribution in [1.82, 2.24) is 15.0 Å². The number of amides is 1. The number of benzene rings is 2. The van der Waals surface area contributed by atoms with Crippen LogP contribution in [0.2, 0.25) is 0 Å². The van der Waals surface area contributed by atoms with E-state index in [1.54, 1.807) is 0 Å². The van der Waals surface area contributed by atoms with Crippen molar-refractivity contribution in [2.75, 3.05) is 18.4 Å². The maximum atomic E-state index is 13.0. The van der Waals surface area contributed by atoms with Crippen molar-refractivity contribution >= 4 is 11.6 Å². The zero-order valence-corrected chi connectivity index (χ0v) is 18.5. The Morgan fingerprint density at radius 1 is 1.19 bits per heavy atom. The molecule has 1 aliphatic heterocycles. The number of anilines is 1. The third-order valence-electron chi connectivity index (χ3n) is 6.00. The summed E-state index contributed by atoms with van der Waals surface area (Å²) in [6.07, 6.45) is 2.78. The van der Waals surface area contributed by atoms with Gasteiger partial charge in [-0.25, -0.2) is 0 Å². The molecule has 1 aromatic heterocycles. The summed E-state index contributed by atoms with van der Waals surface area (Å²) in [6.45, 7) is 8.43. The molecule has 1 saturated heterocycles. The molecule has 1 amide bonds. The highest BCUT2D eigenvalue weighted by Crippen LogP contribution is 2.25. The molecule has 2 heterocycles. The van der Waals surface area contributed by atoms with E-state index in [0.717, 1.165) is 42.6 Å². The first-order valence-corrected chi connectivity index (χ1v) is 11.0. The number of hydrogen-bond donors (Lipinski definition) is 1. The Balaban J connectivity index is 1.39. The van der Waals surface area contributed by atoms with Crippen molar-refractivity contribution in [3.8, 4) is 11.5 Å². The molecule has 1 aliphatic rings. The molecular formula is C25H30N4O2. The molecular weight excluding hydrogens is 388 g/mol. The summed E-state index contributed by atoms with van der Waals surface area (Å²) in [4.78, 5) is 19.8. The molecule has 0 bridgehead atoms. The number of nitrogens with zero attached hydrogens (tertiary/aromatic N) is 3. The van der Waals surface area contributed by atoms with Crippen molar-refractivity contribution in [2.45, 2.75) is 46.6 Å². The predicted molar refractivity (Wildman–Crippen MR) is 122 cm³/mol. The zero-order valence-electron chi connectivity index (χ0n) is 18.5. The molecule has 162 valence electrons. The monoisotopic (exact) mass is 418 g/mol. The number of hydrogen-bond acceptors (Lipinski definition) is 5. The topological polar surface area (TPSA) is 71.3 Å². The average Bonchev–Trinajstić information content (AvgIpc) is 3.24. The average molecular weight is 419 g/mol. The molecule has 31 heavy (non-hydrogen) atoms. The lowest BCUT2D eigenvalue weighted by molar-refractivity contribution is -0.121. The summed E-state index contributed by atoms with van der Waals surface area (Å²) in [5, 5.41) is 7.35. The number of rotatable bonds is 6. The van der Waals surface area contributed by atoms with Gasteiger partial charge in [-0.1, -0.05) is 48.0 Å².